The van der Waals surface area contributed by atoms with E-state index in [2.05, 4.69) is 6.58 Å². The first-order valence-electron chi connectivity index (χ1n) is 9.07. The number of phenolic OH excluding ortho intramolecular Hbond substituents is 1. The summed E-state index contributed by atoms with van der Waals surface area (Å²) >= 11 is 6.70. The van der Waals surface area contributed by atoms with Crippen LogP contribution in [0.5, 0.6) is 17.2 Å². The van der Waals surface area contributed by atoms with Gasteiger partial charge in [-0.2, -0.15) is 0 Å². The molecule has 1 aliphatic heterocycles. The molecule has 6 nitrogen and oxygen atoms in total. The maximum absolute atomic E-state index is 12.7. The van der Waals surface area contributed by atoms with E-state index < -0.39 is 0 Å². The number of hydrogen-bond acceptors (Lipinski definition) is 6. The number of thioether (sulfide) groups is 1. The van der Waals surface area contributed by atoms with Crippen molar-refractivity contribution < 1.29 is 24.2 Å². The fraction of sp³-hybridized carbons (Fsp3) is 0.182. The molecule has 156 valence electrons. The van der Waals surface area contributed by atoms with Gasteiger partial charge in [-0.05, 0) is 66.2 Å². The Bertz CT molecular complexity index is 1000. The SMILES string of the molecule is C=CCc1cc(/C=C2\SC(=O)N(CCOc3ccc(Cl)cc3)C2=O)cc(OC)c1O. The number of amides is 2. The van der Waals surface area contributed by atoms with Gasteiger partial charge in [-0.25, -0.2) is 0 Å². The molecule has 3 rings (SSSR count). The lowest BCUT2D eigenvalue weighted by atomic mass is 10.1. The molecule has 0 atom stereocenters. The van der Waals surface area contributed by atoms with E-state index in [1.54, 1.807) is 48.6 Å². The predicted octanol–water partition coefficient (Wildman–Crippen LogP) is 4.90. The first-order chi connectivity index (χ1) is 14.4. The molecule has 1 heterocycles. The number of methoxy groups -OCH3 is 1. The number of carbonyl (C=O) groups is 2. The van der Waals surface area contributed by atoms with Crippen LogP contribution >= 0.6 is 23.4 Å². The second-order valence-corrected chi connectivity index (χ2v) is 7.79. The number of allylic oxidation sites excluding steroid dienone is 1. The summed E-state index contributed by atoms with van der Waals surface area (Å²) in [7, 11) is 1.45. The average Bonchev–Trinajstić information content (AvgIpc) is 2.99. The van der Waals surface area contributed by atoms with Gasteiger partial charge in [-0.15, -0.1) is 6.58 Å². The van der Waals surface area contributed by atoms with E-state index in [-0.39, 0.29) is 35.8 Å². The molecule has 1 aliphatic rings. The lowest BCUT2D eigenvalue weighted by Crippen LogP contribution is -2.32. The topological polar surface area (TPSA) is 76.1 Å². The molecule has 0 radical (unpaired) electrons. The zero-order valence-corrected chi connectivity index (χ0v) is 17.8. The van der Waals surface area contributed by atoms with Gasteiger partial charge in [0.15, 0.2) is 11.5 Å². The second-order valence-electron chi connectivity index (χ2n) is 6.36. The number of carbonyl (C=O) groups excluding carboxylic acids is 2. The van der Waals surface area contributed by atoms with Crippen LogP contribution in [-0.2, 0) is 11.2 Å². The van der Waals surface area contributed by atoms with Crippen molar-refractivity contribution in [2.75, 3.05) is 20.3 Å². The molecule has 8 heteroatoms. The van der Waals surface area contributed by atoms with Gasteiger partial charge < -0.3 is 14.6 Å². The van der Waals surface area contributed by atoms with Crippen molar-refractivity contribution in [3.63, 3.8) is 0 Å². The molecule has 30 heavy (non-hydrogen) atoms. The Morgan fingerprint density at radius 3 is 2.63 bits per heavy atom. The van der Waals surface area contributed by atoms with Crippen molar-refractivity contribution in [1.82, 2.24) is 4.90 Å². The van der Waals surface area contributed by atoms with Crippen LogP contribution in [0.2, 0.25) is 5.02 Å². The number of aromatic hydroxyl groups is 1. The summed E-state index contributed by atoms with van der Waals surface area (Å²) in [6.07, 6.45) is 3.71. The molecule has 0 unspecified atom stereocenters. The minimum atomic E-state index is -0.387. The lowest BCUT2D eigenvalue weighted by Gasteiger charge is -2.13. The minimum absolute atomic E-state index is 0.0296. The zero-order chi connectivity index (χ0) is 21.7. The number of ether oxygens (including phenoxy) is 2. The Kier molecular flexibility index (Phi) is 7.07. The van der Waals surface area contributed by atoms with Crippen LogP contribution in [0, 0.1) is 0 Å². The first kappa shape index (κ1) is 21.8. The van der Waals surface area contributed by atoms with Crippen LogP contribution in [0.1, 0.15) is 11.1 Å². The molecule has 1 N–H and O–H groups in total. The molecule has 0 aromatic heterocycles. The van der Waals surface area contributed by atoms with Crippen molar-refractivity contribution in [2.24, 2.45) is 0 Å². The number of hydrogen-bond donors (Lipinski definition) is 1. The third-order valence-electron chi connectivity index (χ3n) is 4.33. The van der Waals surface area contributed by atoms with Gasteiger partial charge in [-0.3, -0.25) is 14.5 Å². The first-order valence-corrected chi connectivity index (χ1v) is 10.3. The highest BCUT2D eigenvalue weighted by atomic mass is 35.5. The smallest absolute Gasteiger partial charge is 0.293 e. The Labute approximate surface area is 183 Å². The fourth-order valence-corrected chi connectivity index (χ4v) is 3.86. The molecule has 2 aromatic rings. The molecule has 0 bridgehead atoms. The number of rotatable bonds is 8. The van der Waals surface area contributed by atoms with Crippen LogP contribution in [0.4, 0.5) is 4.79 Å². The number of benzene rings is 2. The van der Waals surface area contributed by atoms with Crippen LogP contribution in [-0.4, -0.2) is 41.4 Å². The van der Waals surface area contributed by atoms with Crippen molar-refractivity contribution >= 4 is 40.6 Å². The maximum Gasteiger partial charge on any atom is 0.293 e. The highest BCUT2D eigenvalue weighted by Gasteiger charge is 2.34. The summed E-state index contributed by atoms with van der Waals surface area (Å²) in [6.45, 7) is 3.98. The van der Waals surface area contributed by atoms with Gasteiger partial charge in [0.05, 0.1) is 18.6 Å². The van der Waals surface area contributed by atoms with Crippen LogP contribution in [0.25, 0.3) is 6.08 Å². The number of phenols is 1. The van der Waals surface area contributed by atoms with Crippen molar-refractivity contribution in [2.45, 2.75) is 6.42 Å². The summed E-state index contributed by atoms with van der Waals surface area (Å²) in [6, 6.07) is 10.2. The molecule has 0 aliphatic carbocycles. The molecular formula is C22H20ClNO5S. The van der Waals surface area contributed by atoms with E-state index in [1.807, 2.05) is 0 Å². The van der Waals surface area contributed by atoms with Gasteiger partial charge >= 0.3 is 0 Å². The van der Waals surface area contributed by atoms with Crippen LogP contribution < -0.4 is 9.47 Å². The van der Waals surface area contributed by atoms with Gasteiger partial charge in [0.25, 0.3) is 11.1 Å². The minimum Gasteiger partial charge on any atom is -0.504 e. The van der Waals surface area contributed by atoms with Crippen molar-refractivity contribution in [3.05, 3.63) is 70.1 Å². The fourth-order valence-electron chi connectivity index (χ4n) is 2.87. The van der Waals surface area contributed by atoms with E-state index in [0.29, 0.717) is 33.2 Å². The Hall–Kier alpha value is -2.90. The van der Waals surface area contributed by atoms with E-state index in [1.165, 1.54) is 7.11 Å². The summed E-state index contributed by atoms with van der Waals surface area (Å²) in [5.41, 5.74) is 1.26. The molecule has 2 aromatic carbocycles. The molecule has 1 saturated heterocycles. The van der Waals surface area contributed by atoms with Crippen molar-refractivity contribution in [3.8, 4) is 17.2 Å². The summed E-state index contributed by atoms with van der Waals surface area (Å²) in [5.74, 6) is 0.535. The van der Waals surface area contributed by atoms with Crippen LogP contribution in [0.3, 0.4) is 0 Å². The molecular weight excluding hydrogens is 426 g/mol. The lowest BCUT2D eigenvalue weighted by molar-refractivity contribution is -0.123. The van der Waals surface area contributed by atoms with E-state index >= 15 is 0 Å². The summed E-state index contributed by atoms with van der Waals surface area (Å²) < 4.78 is 10.8. The van der Waals surface area contributed by atoms with Gasteiger partial charge in [0.2, 0.25) is 0 Å². The third-order valence-corrected chi connectivity index (χ3v) is 5.49. The van der Waals surface area contributed by atoms with Crippen LogP contribution in [0.15, 0.2) is 54.0 Å². The highest BCUT2D eigenvalue weighted by molar-refractivity contribution is 8.18. The molecule has 0 saturated carbocycles. The van der Waals surface area contributed by atoms with E-state index in [9.17, 15) is 14.7 Å². The highest BCUT2D eigenvalue weighted by Crippen LogP contribution is 2.36. The monoisotopic (exact) mass is 445 g/mol. The summed E-state index contributed by atoms with van der Waals surface area (Å²) in [4.78, 5) is 26.4. The molecule has 1 fully saturated rings. The Morgan fingerprint density at radius 2 is 1.97 bits per heavy atom. The summed E-state index contributed by atoms with van der Waals surface area (Å²) in [5, 5.41) is 10.4. The molecule has 2 amide bonds. The molecule has 0 spiro atoms. The average molecular weight is 446 g/mol. The van der Waals surface area contributed by atoms with Crippen molar-refractivity contribution in [1.29, 1.82) is 0 Å². The predicted molar refractivity (Wildman–Crippen MR) is 118 cm³/mol. The normalized spacial score (nSPS) is 15.0. The number of imide groups is 1. The van der Waals surface area contributed by atoms with Gasteiger partial charge in [0.1, 0.15) is 12.4 Å². The largest absolute Gasteiger partial charge is 0.504 e. The third kappa shape index (κ3) is 4.98. The van der Waals surface area contributed by atoms with Gasteiger partial charge in [0, 0.05) is 10.6 Å². The van der Waals surface area contributed by atoms with Gasteiger partial charge in [-0.1, -0.05) is 17.7 Å². The quantitative estimate of drug-likeness (QED) is 0.460. The number of halogens is 1. The zero-order valence-electron chi connectivity index (χ0n) is 16.3. The standard InChI is InChI=1S/C22H20ClNO5S/c1-3-4-15-11-14(12-18(28-2)20(15)25)13-19-21(26)24(22(27)30-19)9-10-29-17-7-5-16(23)6-8-17/h3,5-8,11-13,25H,1,4,9-10H2,2H3/b19-13-. The Balaban J connectivity index is 1.72. The second kappa shape index (κ2) is 9.73. The maximum atomic E-state index is 12.7. The van der Waals surface area contributed by atoms with E-state index in [0.717, 1.165) is 16.7 Å². The Morgan fingerprint density at radius 1 is 1.23 bits per heavy atom. The number of nitrogens with zero attached hydrogens (tertiary/aromatic N) is 1. The van der Waals surface area contributed by atoms with E-state index in [4.69, 9.17) is 21.1 Å².